The lowest BCUT2D eigenvalue weighted by atomic mass is 10.3. The molecule has 0 N–H and O–H groups in total. The Balaban J connectivity index is 2.20. The number of hydrogen-bond acceptors (Lipinski definition) is 4. The van der Waals surface area contributed by atoms with Gasteiger partial charge in [0, 0.05) is 12.4 Å². The van der Waals surface area contributed by atoms with Gasteiger partial charge in [0.05, 0.1) is 18.4 Å². The second-order valence-electron chi connectivity index (χ2n) is 2.91. The number of rotatable bonds is 1. The van der Waals surface area contributed by atoms with E-state index in [0.29, 0.717) is 12.4 Å². The van der Waals surface area contributed by atoms with E-state index in [-0.39, 0.29) is 5.30 Å². The van der Waals surface area contributed by atoms with Gasteiger partial charge in [-0.25, -0.2) is 4.99 Å². The first-order valence-electron chi connectivity index (χ1n) is 4.67. The Bertz CT molecular complexity index is 396. The molecular formula is C10H11N2O2S+. The van der Waals surface area contributed by atoms with Gasteiger partial charge in [0.2, 0.25) is 0 Å². The van der Waals surface area contributed by atoms with Gasteiger partial charge in [-0.2, -0.15) is 4.79 Å². The number of fused-ring (bicyclic) bond motifs is 1. The van der Waals surface area contributed by atoms with Crippen LogP contribution in [0.25, 0.3) is 0 Å². The van der Waals surface area contributed by atoms with Crippen LogP contribution in [0.5, 0.6) is 0 Å². The number of carbonyl (C=O) groups excluding carboxylic acids is 1. The molecule has 0 saturated carbocycles. The van der Waals surface area contributed by atoms with E-state index in [1.54, 1.807) is 18.6 Å². The topological polar surface area (TPSA) is 51.0 Å². The highest BCUT2D eigenvalue weighted by atomic mass is 32.2. The Morgan fingerprint density at radius 3 is 3.27 bits per heavy atom. The van der Waals surface area contributed by atoms with Crippen LogP contribution in [0.15, 0.2) is 34.0 Å². The molecule has 0 aromatic rings. The first-order valence-corrected chi connectivity index (χ1v) is 6.06. The molecule has 0 aliphatic carbocycles. The Labute approximate surface area is 90.8 Å². The number of nitrogens with zero attached hydrogens (tertiary/aromatic N) is 2. The zero-order chi connectivity index (χ0) is 10.7. The molecule has 2 aliphatic rings. The monoisotopic (exact) mass is 223 g/mol. The van der Waals surface area contributed by atoms with Crippen molar-refractivity contribution in [3.63, 3.8) is 0 Å². The first-order chi connectivity index (χ1) is 7.33. The fraction of sp³-hybridized carbons (Fsp3) is 0.300. The molecule has 5 heteroatoms. The molecule has 2 heterocycles. The summed E-state index contributed by atoms with van der Waals surface area (Å²) in [6.07, 6.45) is 6.93. The molecule has 1 atom stereocenters. The Hall–Kier alpha value is -1.36. The SMILES string of the molecule is CCOC(=O)[S+]1CC=C2C=NC=CN=C21. The summed E-state index contributed by atoms with van der Waals surface area (Å²) in [6.45, 7) is 2.22. The molecule has 0 bridgehead atoms. The van der Waals surface area contributed by atoms with Gasteiger partial charge in [-0.1, -0.05) is 0 Å². The van der Waals surface area contributed by atoms with Crippen molar-refractivity contribution in [3.05, 3.63) is 24.0 Å². The minimum Gasteiger partial charge on any atom is -0.426 e. The predicted octanol–water partition coefficient (Wildman–Crippen LogP) is 1.66. The molecule has 0 amide bonds. The molecule has 78 valence electrons. The molecule has 15 heavy (non-hydrogen) atoms. The van der Waals surface area contributed by atoms with E-state index in [1.165, 1.54) is 0 Å². The minimum atomic E-state index is -0.546. The van der Waals surface area contributed by atoms with Crippen molar-refractivity contribution in [3.8, 4) is 0 Å². The smallest absolute Gasteiger partial charge is 0.426 e. The maximum Gasteiger partial charge on any atom is 0.533 e. The van der Waals surface area contributed by atoms with E-state index in [9.17, 15) is 4.79 Å². The maximum atomic E-state index is 11.6. The van der Waals surface area contributed by atoms with Crippen molar-refractivity contribution < 1.29 is 9.53 Å². The summed E-state index contributed by atoms with van der Waals surface area (Å²) >= 11 is 0. The van der Waals surface area contributed by atoms with Crippen molar-refractivity contribution in [2.45, 2.75) is 6.92 Å². The van der Waals surface area contributed by atoms with Crippen LogP contribution in [-0.2, 0) is 15.6 Å². The summed E-state index contributed by atoms with van der Waals surface area (Å²) in [5.74, 6) is 0.687. The average molecular weight is 223 g/mol. The molecule has 0 spiro atoms. The number of carbonyl (C=O) groups is 1. The zero-order valence-electron chi connectivity index (χ0n) is 8.34. The summed E-state index contributed by atoms with van der Waals surface area (Å²) in [6, 6.07) is 0. The summed E-state index contributed by atoms with van der Waals surface area (Å²) in [5.41, 5.74) is 0.941. The summed E-state index contributed by atoms with van der Waals surface area (Å²) in [4.78, 5) is 19.9. The van der Waals surface area contributed by atoms with Gasteiger partial charge in [0.25, 0.3) is 5.04 Å². The molecular weight excluding hydrogens is 212 g/mol. The third-order valence-corrected chi connectivity index (χ3v) is 3.80. The van der Waals surface area contributed by atoms with Crippen molar-refractivity contribution in [1.82, 2.24) is 0 Å². The van der Waals surface area contributed by atoms with E-state index in [1.807, 2.05) is 13.0 Å². The minimum absolute atomic E-state index is 0.175. The number of aliphatic imine (C=N–C) groups is 2. The van der Waals surface area contributed by atoms with Gasteiger partial charge < -0.3 is 4.74 Å². The highest BCUT2D eigenvalue weighted by Gasteiger charge is 2.43. The molecule has 2 rings (SSSR count). The van der Waals surface area contributed by atoms with Gasteiger partial charge >= 0.3 is 5.30 Å². The van der Waals surface area contributed by atoms with Gasteiger partial charge in [-0.05, 0) is 13.0 Å². The van der Waals surface area contributed by atoms with Gasteiger partial charge in [-0.3, -0.25) is 4.99 Å². The third kappa shape index (κ3) is 2.02. The van der Waals surface area contributed by atoms with E-state index >= 15 is 0 Å². The molecule has 0 saturated heterocycles. The lowest BCUT2D eigenvalue weighted by Gasteiger charge is -1.99. The number of hydrogen-bond donors (Lipinski definition) is 0. The highest BCUT2D eigenvalue weighted by molar-refractivity contribution is 8.24. The molecule has 1 unspecified atom stereocenters. The largest absolute Gasteiger partial charge is 0.533 e. The fourth-order valence-electron chi connectivity index (χ4n) is 1.33. The average Bonchev–Trinajstić information content (AvgIpc) is 2.48. The number of ether oxygens (including phenoxy) is 1. The Morgan fingerprint density at radius 2 is 2.47 bits per heavy atom. The van der Waals surface area contributed by atoms with E-state index < -0.39 is 10.9 Å². The summed E-state index contributed by atoms with van der Waals surface area (Å²) in [5, 5.41) is 0.622. The maximum absolute atomic E-state index is 11.6. The first kappa shape index (κ1) is 10.2. The van der Waals surface area contributed by atoms with Crippen LogP contribution in [-0.4, -0.2) is 28.9 Å². The van der Waals surface area contributed by atoms with Gasteiger partial charge in [0.15, 0.2) is 10.9 Å². The van der Waals surface area contributed by atoms with Crippen LogP contribution < -0.4 is 0 Å². The second kappa shape index (κ2) is 4.44. The van der Waals surface area contributed by atoms with Gasteiger partial charge in [0.1, 0.15) is 5.75 Å². The van der Waals surface area contributed by atoms with Crippen LogP contribution in [0.2, 0.25) is 0 Å². The molecule has 0 aromatic carbocycles. The lowest BCUT2D eigenvalue weighted by Crippen LogP contribution is -2.24. The molecule has 0 radical (unpaired) electrons. The van der Waals surface area contributed by atoms with E-state index in [0.717, 1.165) is 10.6 Å². The lowest BCUT2D eigenvalue weighted by molar-refractivity contribution is 0.181. The Kier molecular flexibility index (Phi) is 3.01. The van der Waals surface area contributed by atoms with Crippen molar-refractivity contribution in [2.24, 2.45) is 9.98 Å². The van der Waals surface area contributed by atoms with Crippen LogP contribution >= 0.6 is 0 Å². The van der Waals surface area contributed by atoms with Crippen molar-refractivity contribution >= 4 is 27.5 Å². The molecule has 2 aliphatic heterocycles. The molecule has 0 fully saturated rings. The van der Waals surface area contributed by atoms with Gasteiger partial charge in [-0.15, -0.1) is 0 Å². The fourth-order valence-corrected chi connectivity index (χ4v) is 2.99. The standard InChI is InChI=1S/C10H11N2O2S/c1-2-14-10(13)15-6-3-8-7-11-4-5-12-9(8)15/h3-5,7H,2,6H2,1H3/q+1. The quantitative estimate of drug-likeness (QED) is 0.501. The normalized spacial score (nSPS) is 22.9. The van der Waals surface area contributed by atoms with Crippen LogP contribution in [0.3, 0.4) is 0 Å². The molecule has 0 aromatic heterocycles. The second-order valence-corrected chi connectivity index (χ2v) is 4.75. The third-order valence-electron chi connectivity index (χ3n) is 1.97. The summed E-state index contributed by atoms with van der Waals surface area (Å²) in [7, 11) is -0.546. The highest BCUT2D eigenvalue weighted by Crippen LogP contribution is 2.20. The summed E-state index contributed by atoms with van der Waals surface area (Å²) < 4.78 is 5.01. The van der Waals surface area contributed by atoms with Crippen LogP contribution in [0, 0.1) is 0 Å². The Morgan fingerprint density at radius 1 is 1.60 bits per heavy atom. The van der Waals surface area contributed by atoms with Crippen LogP contribution in [0.1, 0.15) is 6.92 Å². The van der Waals surface area contributed by atoms with Crippen molar-refractivity contribution in [2.75, 3.05) is 12.4 Å². The van der Waals surface area contributed by atoms with Crippen LogP contribution in [0.4, 0.5) is 4.79 Å². The van der Waals surface area contributed by atoms with Crippen molar-refractivity contribution in [1.29, 1.82) is 0 Å². The van der Waals surface area contributed by atoms with E-state index in [4.69, 9.17) is 4.74 Å². The molecule has 4 nitrogen and oxygen atoms in total. The van der Waals surface area contributed by atoms with E-state index in [2.05, 4.69) is 9.98 Å². The zero-order valence-corrected chi connectivity index (χ0v) is 9.16. The predicted molar refractivity (Wildman–Crippen MR) is 62.4 cm³/mol.